The van der Waals surface area contributed by atoms with Gasteiger partial charge < -0.3 is 14.6 Å². The van der Waals surface area contributed by atoms with Crippen molar-refractivity contribution < 1.29 is 14.3 Å². The van der Waals surface area contributed by atoms with Gasteiger partial charge in [0.1, 0.15) is 0 Å². The molecule has 1 amide bonds. The molecule has 1 atom stereocenters. The number of carbonyl (C=O) groups is 2. The highest BCUT2D eigenvalue weighted by Gasteiger charge is 2.20. The first-order chi connectivity index (χ1) is 13.4. The third-order valence-corrected chi connectivity index (χ3v) is 4.60. The number of esters is 1. The fourth-order valence-corrected chi connectivity index (χ4v) is 2.98. The van der Waals surface area contributed by atoms with Gasteiger partial charge in [0.15, 0.2) is 11.3 Å². The lowest BCUT2D eigenvalue weighted by atomic mass is 10.2. The number of hydrogen-bond donors (Lipinski definition) is 1. The monoisotopic (exact) mass is 397 g/mol. The van der Waals surface area contributed by atoms with Crippen LogP contribution in [0.1, 0.15) is 28.7 Å². The molecule has 0 radical (unpaired) electrons. The summed E-state index contributed by atoms with van der Waals surface area (Å²) < 4.78 is 7.35. The Morgan fingerprint density at radius 1 is 1.07 bits per heavy atom. The van der Waals surface area contributed by atoms with E-state index in [-0.39, 0.29) is 5.15 Å². The summed E-state index contributed by atoms with van der Waals surface area (Å²) in [6, 6.07) is 14.4. The van der Waals surface area contributed by atoms with Gasteiger partial charge in [0.05, 0.1) is 11.3 Å². The van der Waals surface area contributed by atoms with Crippen LogP contribution in [0.15, 0.2) is 54.7 Å². The maximum atomic E-state index is 12.4. The number of aromatic nitrogens is 2. The molecular weight excluding hydrogens is 378 g/mol. The number of aryl methyl sites for hydroxylation is 2. The molecule has 0 spiro atoms. The number of anilines is 1. The van der Waals surface area contributed by atoms with E-state index >= 15 is 0 Å². The third-order valence-electron chi connectivity index (χ3n) is 4.30. The number of pyridine rings is 1. The summed E-state index contributed by atoms with van der Waals surface area (Å²) in [5, 5.41) is 2.76. The van der Waals surface area contributed by atoms with E-state index in [9.17, 15) is 9.59 Å². The van der Waals surface area contributed by atoms with E-state index in [1.165, 1.54) is 13.1 Å². The van der Waals surface area contributed by atoms with Crippen LogP contribution in [0.4, 0.5) is 5.69 Å². The summed E-state index contributed by atoms with van der Waals surface area (Å²) >= 11 is 5.92. The fraction of sp³-hybridized carbons (Fsp3) is 0.190. The van der Waals surface area contributed by atoms with Crippen LogP contribution in [-0.2, 0) is 9.53 Å². The van der Waals surface area contributed by atoms with Crippen LogP contribution in [0.25, 0.3) is 5.69 Å². The van der Waals surface area contributed by atoms with Crippen molar-refractivity contribution >= 4 is 29.2 Å². The van der Waals surface area contributed by atoms with Crippen molar-refractivity contribution in [2.75, 3.05) is 5.32 Å². The predicted octanol–water partition coefficient (Wildman–Crippen LogP) is 4.33. The highest BCUT2D eigenvalue weighted by molar-refractivity contribution is 6.32. The minimum atomic E-state index is -0.989. The minimum absolute atomic E-state index is 0.167. The van der Waals surface area contributed by atoms with Gasteiger partial charge in [0.2, 0.25) is 0 Å². The zero-order chi connectivity index (χ0) is 20.3. The van der Waals surface area contributed by atoms with Crippen molar-refractivity contribution in [2.24, 2.45) is 0 Å². The molecule has 144 valence electrons. The first-order valence-electron chi connectivity index (χ1n) is 8.74. The Kier molecular flexibility index (Phi) is 5.80. The third kappa shape index (κ3) is 4.23. The number of hydrogen-bond acceptors (Lipinski definition) is 4. The van der Waals surface area contributed by atoms with Crippen molar-refractivity contribution in [1.82, 2.24) is 9.55 Å². The van der Waals surface area contributed by atoms with Crippen LogP contribution < -0.4 is 5.32 Å². The van der Waals surface area contributed by atoms with E-state index in [0.717, 1.165) is 17.1 Å². The normalized spacial score (nSPS) is 11.7. The molecule has 0 aliphatic carbocycles. The SMILES string of the molecule is Cc1ccc(C)n1-c1ccc(C(=O)O[C@@H](C)C(=O)Nc2cccnc2Cl)cc1. The zero-order valence-corrected chi connectivity index (χ0v) is 16.5. The Morgan fingerprint density at radius 3 is 2.32 bits per heavy atom. The summed E-state index contributed by atoms with van der Waals surface area (Å²) in [6.07, 6.45) is 0.527. The van der Waals surface area contributed by atoms with E-state index in [1.807, 2.05) is 38.1 Å². The van der Waals surface area contributed by atoms with E-state index in [0.29, 0.717) is 11.3 Å². The highest BCUT2D eigenvalue weighted by atomic mass is 35.5. The molecule has 3 aromatic rings. The molecule has 2 heterocycles. The van der Waals surface area contributed by atoms with Crippen molar-refractivity contribution in [3.63, 3.8) is 0 Å². The standard InChI is InChI=1S/C21H20ClN3O3/c1-13-6-7-14(2)25(13)17-10-8-16(9-11-17)21(27)28-15(3)20(26)24-18-5-4-12-23-19(18)22/h4-12,15H,1-3H3,(H,24,26)/t15-/m0/s1. The van der Waals surface area contributed by atoms with E-state index in [4.69, 9.17) is 16.3 Å². The topological polar surface area (TPSA) is 73.2 Å². The maximum absolute atomic E-state index is 12.4. The average Bonchev–Trinajstić information content (AvgIpc) is 3.02. The van der Waals surface area contributed by atoms with Gasteiger partial charge in [-0.25, -0.2) is 9.78 Å². The molecular formula is C21H20ClN3O3. The number of halogens is 1. The van der Waals surface area contributed by atoms with Gasteiger partial charge in [-0.15, -0.1) is 0 Å². The second-order valence-electron chi connectivity index (χ2n) is 6.38. The zero-order valence-electron chi connectivity index (χ0n) is 15.8. The number of nitrogens with one attached hydrogen (secondary N) is 1. The van der Waals surface area contributed by atoms with Crippen LogP contribution in [0.2, 0.25) is 5.15 Å². The summed E-state index contributed by atoms with van der Waals surface area (Å²) in [7, 11) is 0. The average molecular weight is 398 g/mol. The summed E-state index contributed by atoms with van der Waals surface area (Å²) in [5.74, 6) is -1.06. The quantitative estimate of drug-likeness (QED) is 0.513. The van der Waals surface area contributed by atoms with Gasteiger partial charge in [0, 0.05) is 23.3 Å². The molecule has 1 N–H and O–H groups in total. The molecule has 0 fully saturated rings. The molecule has 0 aliphatic rings. The largest absolute Gasteiger partial charge is 0.449 e. The smallest absolute Gasteiger partial charge is 0.338 e. The molecule has 0 unspecified atom stereocenters. The van der Waals surface area contributed by atoms with Gasteiger partial charge in [-0.1, -0.05) is 11.6 Å². The van der Waals surface area contributed by atoms with Gasteiger partial charge >= 0.3 is 5.97 Å². The number of carbonyl (C=O) groups excluding carboxylic acids is 2. The second-order valence-corrected chi connectivity index (χ2v) is 6.73. The first-order valence-corrected chi connectivity index (χ1v) is 9.12. The minimum Gasteiger partial charge on any atom is -0.449 e. The van der Waals surface area contributed by atoms with Gasteiger partial charge in [-0.05, 0) is 69.3 Å². The van der Waals surface area contributed by atoms with Gasteiger partial charge in [0.25, 0.3) is 5.91 Å². The number of rotatable bonds is 5. The molecule has 2 aromatic heterocycles. The number of ether oxygens (including phenoxy) is 1. The Balaban J connectivity index is 1.65. The number of amides is 1. The van der Waals surface area contributed by atoms with Crippen molar-refractivity contribution in [3.05, 3.63) is 76.8 Å². The van der Waals surface area contributed by atoms with E-state index < -0.39 is 18.0 Å². The molecule has 28 heavy (non-hydrogen) atoms. The number of benzene rings is 1. The van der Waals surface area contributed by atoms with Crippen molar-refractivity contribution in [1.29, 1.82) is 0 Å². The van der Waals surface area contributed by atoms with Crippen LogP contribution in [-0.4, -0.2) is 27.5 Å². The van der Waals surface area contributed by atoms with Crippen LogP contribution in [0, 0.1) is 13.8 Å². The van der Waals surface area contributed by atoms with Crippen LogP contribution >= 0.6 is 11.6 Å². The summed E-state index contributed by atoms with van der Waals surface area (Å²) in [6.45, 7) is 5.53. The molecule has 6 nitrogen and oxygen atoms in total. The Morgan fingerprint density at radius 2 is 1.71 bits per heavy atom. The highest BCUT2D eigenvalue weighted by Crippen LogP contribution is 2.19. The molecule has 3 rings (SSSR count). The fourth-order valence-electron chi connectivity index (χ4n) is 2.82. The lowest BCUT2D eigenvalue weighted by molar-refractivity contribution is -0.123. The molecule has 0 saturated heterocycles. The predicted molar refractivity (Wildman–Crippen MR) is 108 cm³/mol. The molecule has 0 saturated carbocycles. The van der Waals surface area contributed by atoms with E-state index in [2.05, 4.69) is 14.9 Å². The second kappa shape index (κ2) is 8.27. The summed E-state index contributed by atoms with van der Waals surface area (Å²) in [5.41, 5.74) is 3.89. The Bertz CT molecular complexity index is 992. The number of nitrogens with zero attached hydrogens (tertiary/aromatic N) is 2. The molecule has 0 aliphatic heterocycles. The first kappa shape index (κ1) is 19.6. The Hall–Kier alpha value is -3.12. The summed E-state index contributed by atoms with van der Waals surface area (Å²) in [4.78, 5) is 28.5. The lowest BCUT2D eigenvalue weighted by Gasteiger charge is -2.14. The van der Waals surface area contributed by atoms with E-state index in [1.54, 1.807) is 24.3 Å². The maximum Gasteiger partial charge on any atom is 0.338 e. The molecule has 0 bridgehead atoms. The lowest BCUT2D eigenvalue weighted by Crippen LogP contribution is -2.30. The van der Waals surface area contributed by atoms with Crippen molar-refractivity contribution in [2.45, 2.75) is 26.9 Å². The van der Waals surface area contributed by atoms with Crippen LogP contribution in [0.3, 0.4) is 0 Å². The van der Waals surface area contributed by atoms with Crippen molar-refractivity contribution in [3.8, 4) is 5.69 Å². The Labute approximate surface area is 168 Å². The van der Waals surface area contributed by atoms with Gasteiger partial charge in [-0.3, -0.25) is 4.79 Å². The van der Waals surface area contributed by atoms with Gasteiger partial charge in [-0.2, -0.15) is 0 Å². The molecule has 1 aromatic carbocycles. The van der Waals surface area contributed by atoms with Crippen LogP contribution in [0.5, 0.6) is 0 Å². The molecule has 7 heteroatoms.